The van der Waals surface area contributed by atoms with Crippen molar-refractivity contribution < 1.29 is 22.4 Å². The Balaban J connectivity index is 1.65. The lowest BCUT2D eigenvalue weighted by atomic mass is 10.2. The summed E-state index contributed by atoms with van der Waals surface area (Å²) in [5.74, 6) is -2.09. The number of hydrogen-bond donors (Lipinski definition) is 2. The number of amides is 2. The molecular weight excluding hydrogens is 415 g/mol. The first kappa shape index (κ1) is 21.3. The molecule has 0 bridgehead atoms. The Morgan fingerprint density at radius 1 is 1.24 bits per heavy atom. The minimum absolute atomic E-state index is 0.0601. The van der Waals surface area contributed by atoms with Crippen LogP contribution < -0.4 is 10.6 Å². The van der Waals surface area contributed by atoms with Crippen LogP contribution in [0.15, 0.2) is 52.3 Å². The summed E-state index contributed by atoms with van der Waals surface area (Å²) >= 11 is 1.37. The van der Waals surface area contributed by atoms with Gasteiger partial charge in [0, 0.05) is 17.4 Å². The van der Waals surface area contributed by atoms with E-state index >= 15 is 0 Å². The predicted molar refractivity (Wildman–Crippen MR) is 110 cm³/mol. The molecule has 1 aliphatic rings. The van der Waals surface area contributed by atoms with Gasteiger partial charge in [-0.05, 0) is 42.8 Å². The van der Waals surface area contributed by atoms with Crippen molar-refractivity contribution >= 4 is 39.1 Å². The van der Waals surface area contributed by atoms with E-state index < -0.39 is 21.7 Å². The SMILES string of the molecule is C[C@@H]1Sc2ccc(S(=O)(=O)C[C@H](C)C(=O)NCc3ccc(F)cc3)cc2NC1=O. The number of anilines is 1. The zero-order chi connectivity index (χ0) is 21.2. The van der Waals surface area contributed by atoms with Crippen LogP contribution in [0.5, 0.6) is 0 Å². The van der Waals surface area contributed by atoms with Crippen molar-refractivity contribution in [3.8, 4) is 0 Å². The number of rotatable bonds is 6. The lowest BCUT2D eigenvalue weighted by Gasteiger charge is -2.22. The number of carbonyl (C=O) groups excluding carboxylic acids is 2. The van der Waals surface area contributed by atoms with E-state index in [-0.39, 0.29) is 34.2 Å². The monoisotopic (exact) mass is 436 g/mol. The van der Waals surface area contributed by atoms with Gasteiger partial charge in [-0.1, -0.05) is 19.1 Å². The van der Waals surface area contributed by atoms with Crippen LogP contribution in [0.25, 0.3) is 0 Å². The molecule has 0 spiro atoms. The van der Waals surface area contributed by atoms with Crippen LogP contribution in [-0.2, 0) is 26.0 Å². The summed E-state index contributed by atoms with van der Waals surface area (Å²) in [7, 11) is -3.73. The second-order valence-corrected chi connectivity index (χ2v) is 10.4. The minimum Gasteiger partial charge on any atom is -0.352 e. The zero-order valence-corrected chi connectivity index (χ0v) is 17.6. The summed E-state index contributed by atoms with van der Waals surface area (Å²) in [5, 5.41) is 5.14. The van der Waals surface area contributed by atoms with Gasteiger partial charge in [0.15, 0.2) is 9.84 Å². The number of carbonyl (C=O) groups is 2. The maximum Gasteiger partial charge on any atom is 0.237 e. The van der Waals surface area contributed by atoms with E-state index in [1.165, 1.54) is 43.0 Å². The van der Waals surface area contributed by atoms with Crippen LogP contribution in [0, 0.1) is 11.7 Å². The molecule has 154 valence electrons. The van der Waals surface area contributed by atoms with E-state index in [1.807, 2.05) is 0 Å². The third-order valence-corrected chi connectivity index (χ3v) is 7.63. The summed E-state index contributed by atoms with van der Waals surface area (Å²) in [6.07, 6.45) is 0. The zero-order valence-electron chi connectivity index (χ0n) is 15.9. The Hall–Kier alpha value is -2.39. The molecule has 1 aliphatic heterocycles. The van der Waals surface area contributed by atoms with Crippen LogP contribution in [0.2, 0.25) is 0 Å². The molecular formula is C20H21FN2O4S2. The summed E-state index contributed by atoms with van der Waals surface area (Å²) in [5.41, 5.74) is 1.18. The fraction of sp³-hybridized carbons (Fsp3) is 0.300. The van der Waals surface area contributed by atoms with Gasteiger partial charge < -0.3 is 10.6 Å². The lowest BCUT2D eigenvalue weighted by Crippen LogP contribution is -2.33. The first-order valence-electron chi connectivity index (χ1n) is 9.02. The van der Waals surface area contributed by atoms with E-state index in [9.17, 15) is 22.4 Å². The van der Waals surface area contributed by atoms with Gasteiger partial charge in [-0.3, -0.25) is 9.59 Å². The van der Waals surface area contributed by atoms with Crippen LogP contribution in [0.3, 0.4) is 0 Å². The summed E-state index contributed by atoms with van der Waals surface area (Å²) in [6.45, 7) is 3.50. The Bertz CT molecular complexity index is 1040. The average Bonchev–Trinajstić information content (AvgIpc) is 2.67. The van der Waals surface area contributed by atoms with Gasteiger partial charge in [-0.15, -0.1) is 11.8 Å². The number of hydrogen-bond acceptors (Lipinski definition) is 5. The highest BCUT2D eigenvalue weighted by atomic mass is 32.2. The van der Waals surface area contributed by atoms with E-state index in [2.05, 4.69) is 10.6 Å². The first-order valence-corrected chi connectivity index (χ1v) is 11.6. The fourth-order valence-electron chi connectivity index (χ4n) is 2.85. The van der Waals surface area contributed by atoms with Crippen LogP contribution in [0.4, 0.5) is 10.1 Å². The molecule has 2 aromatic rings. The number of benzene rings is 2. The minimum atomic E-state index is -3.73. The van der Waals surface area contributed by atoms with Gasteiger partial charge in [-0.2, -0.15) is 0 Å². The molecule has 29 heavy (non-hydrogen) atoms. The lowest BCUT2D eigenvalue weighted by molar-refractivity contribution is -0.124. The molecule has 2 amide bonds. The summed E-state index contributed by atoms with van der Waals surface area (Å²) in [6, 6.07) is 10.3. The number of fused-ring (bicyclic) bond motifs is 1. The van der Waals surface area contributed by atoms with Crippen LogP contribution in [-0.4, -0.2) is 31.2 Å². The molecule has 2 atom stereocenters. The van der Waals surface area contributed by atoms with Crippen molar-refractivity contribution in [3.63, 3.8) is 0 Å². The third kappa shape index (κ3) is 5.16. The molecule has 0 aliphatic carbocycles. The van der Waals surface area contributed by atoms with Gasteiger partial charge in [0.2, 0.25) is 11.8 Å². The quantitative estimate of drug-likeness (QED) is 0.726. The molecule has 0 unspecified atom stereocenters. The second-order valence-electron chi connectivity index (χ2n) is 6.93. The maximum atomic E-state index is 12.9. The normalized spacial score (nSPS) is 17.2. The summed E-state index contributed by atoms with van der Waals surface area (Å²) < 4.78 is 38.4. The standard InChI is InChI=1S/C20H21FN2O4S2/c1-12(19(24)22-10-14-3-5-15(21)6-4-14)11-29(26,27)16-7-8-18-17(9-16)23-20(25)13(2)28-18/h3-9,12-13H,10-11H2,1-2H3,(H,22,24)(H,23,25)/t12-,13-/m0/s1. The Morgan fingerprint density at radius 3 is 2.62 bits per heavy atom. The fourth-order valence-corrected chi connectivity index (χ4v) is 5.35. The topological polar surface area (TPSA) is 92.3 Å². The van der Waals surface area contributed by atoms with E-state index in [0.717, 1.165) is 4.90 Å². The Morgan fingerprint density at radius 2 is 1.93 bits per heavy atom. The molecule has 3 rings (SSSR count). The van der Waals surface area contributed by atoms with Crippen LogP contribution >= 0.6 is 11.8 Å². The Labute approximate surface area is 173 Å². The second kappa shape index (κ2) is 8.54. The highest BCUT2D eigenvalue weighted by molar-refractivity contribution is 8.01. The smallest absolute Gasteiger partial charge is 0.237 e. The molecule has 9 heteroatoms. The first-order chi connectivity index (χ1) is 13.7. The van der Waals surface area contributed by atoms with Crippen molar-refractivity contribution in [2.75, 3.05) is 11.1 Å². The highest BCUT2D eigenvalue weighted by Crippen LogP contribution is 2.37. The van der Waals surface area contributed by atoms with E-state index in [1.54, 1.807) is 25.1 Å². The van der Waals surface area contributed by atoms with Gasteiger partial charge in [0.05, 0.1) is 21.6 Å². The highest BCUT2D eigenvalue weighted by Gasteiger charge is 2.27. The number of sulfone groups is 1. The molecule has 0 fully saturated rings. The number of nitrogens with one attached hydrogen (secondary N) is 2. The van der Waals surface area contributed by atoms with Crippen molar-refractivity contribution in [1.29, 1.82) is 0 Å². The molecule has 2 N–H and O–H groups in total. The summed E-state index contributed by atoms with van der Waals surface area (Å²) in [4.78, 5) is 25.0. The van der Waals surface area contributed by atoms with Gasteiger partial charge >= 0.3 is 0 Å². The molecule has 0 saturated heterocycles. The van der Waals surface area contributed by atoms with Crippen molar-refractivity contribution in [2.24, 2.45) is 5.92 Å². The third-order valence-electron chi connectivity index (χ3n) is 4.54. The molecule has 0 saturated carbocycles. The average molecular weight is 437 g/mol. The molecule has 1 heterocycles. The molecule has 6 nitrogen and oxygen atoms in total. The molecule has 0 radical (unpaired) electrons. The van der Waals surface area contributed by atoms with Gasteiger partial charge in [-0.25, -0.2) is 12.8 Å². The molecule has 2 aromatic carbocycles. The molecule has 0 aromatic heterocycles. The number of halogens is 1. The number of thioether (sulfide) groups is 1. The van der Waals surface area contributed by atoms with Crippen LogP contribution in [0.1, 0.15) is 19.4 Å². The van der Waals surface area contributed by atoms with Crippen molar-refractivity contribution in [1.82, 2.24) is 5.32 Å². The van der Waals surface area contributed by atoms with Crippen molar-refractivity contribution in [2.45, 2.75) is 35.4 Å². The van der Waals surface area contributed by atoms with E-state index in [0.29, 0.717) is 11.3 Å². The predicted octanol–water partition coefficient (Wildman–Crippen LogP) is 2.98. The van der Waals surface area contributed by atoms with E-state index in [4.69, 9.17) is 0 Å². The maximum absolute atomic E-state index is 12.9. The largest absolute Gasteiger partial charge is 0.352 e. The van der Waals surface area contributed by atoms with Crippen molar-refractivity contribution in [3.05, 3.63) is 53.8 Å². The Kier molecular flexibility index (Phi) is 6.28. The van der Waals surface area contributed by atoms with Gasteiger partial charge in [0.1, 0.15) is 5.82 Å². The van der Waals surface area contributed by atoms with Gasteiger partial charge in [0.25, 0.3) is 0 Å².